The van der Waals surface area contributed by atoms with Crippen molar-refractivity contribution in [1.29, 1.82) is 0 Å². The van der Waals surface area contributed by atoms with E-state index in [0.29, 0.717) is 18.1 Å². The van der Waals surface area contributed by atoms with Gasteiger partial charge >= 0.3 is 5.97 Å². The van der Waals surface area contributed by atoms with Crippen LogP contribution in [0.15, 0.2) is 12.1 Å². The molecule has 0 bridgehead atoms. The van der Waals surface area contributed by atoms with Crippen molar-refractivity contribution in [2.75, 3.05) is 23.9 Å². The summed E-state index contributed by atoms with van der Waals surface area (Å²) in [6.45, 7) is 0.640. The fourth-order valence-electron chi connectivity index (χ4n) is 1.03. The SMILES string of the molecule is CS(=O)CCCNc1ccc(C(=O)O)nn1. The van der Waals surface area contributed by atoms with Gasteiger partial charge in [0.15, 0.2) is 5.69 Å². The van der Waals surface area contributed by atoms with Crippen molar-refractivity contribution in [3.8, 4) is 0 Å². The molecule has 1 heterocycles. The van der Waals surface area contributed by atoms with Crippen LogP contribution in [-0.2, 0) is 10.8 Å². The minimum atomic E-state index is -1.10. The summed E-state index contributed by atoms with van der Waals surface area (Å²) in [5.74, 6) is 0.0560. The molecular formula is C9H13N3O3S. The maximum absolute atomic E-state index is 10.8. The first kappa shape index (κ1) is 12.6. The molecule has 0 saturated carbocycles. The van der Waals surface area contributed by atoms with Gasteiger partial charge in [-0.15, -0.1) is 10.2 Å². The van der Waals surface area contributed by atoms with Crippen LogP contribution in [0.25, 0.3) is 0 Å². The molecule has 1 atom stereocenters. The van der Waals surface area contributed by atoms with Crippen molar-refractivity contribution in [1.82, 2.24) is 10.2 Å². The van der Waals surface area contributed by atoms with Gasteiger partial charge in [0, 0.05) is 29.4 Å². The first-order valence-corrected chi connectivity index (χ1v) is 6.43. The van der Waals surface area contributed by atoms with E-state index in [1.807, 2.05) is 0 Å². The van der Waals surface area contributed by atoms with Gasteiger partial charge in [-0.05, 0) is 18.6 Å². The van der Waals surface area contributed by atoms with E-state index in [4.69, 9.17) is 5.11 Å². The number of carbonyl (C=O) groups is 1. The monoisotopic (exact) mass is 243 g/mol. The number of hydrogen-bond acceptors (Lipinski definition) is 5. The van der Waals surface area contributed by atoms with E-state index in [-0.39, 0.29) is 5.69 Å². The highest BCUT2D eigenvalue weighted by Gasteiger charge is 2.04. The van der Waals surface area contributed by atoms with Gasteiger partial charge in [-0.1, -0.05) is 0 Å². The van der Waals surface area contributed by atoms with Gasteiger partial charge in [0.25, 0.3) is 0 Å². The van der Waals surface area contributed by atoms with Gasteiger partial charge in [0.05, 0.1) is 0 Å². The minimum absolute atomic E-state index is 0.0831. The third-order valence-electron chi connectivity index (χ3n) is 1.80. The number of rotatable bonds is 6. The molecule has 0 amide bonds. The lowest BCUT2D eigenvalue weighted by Crippen LogP contribution is -2.09. The first-order chi connectivity index (χ1) is 7.59. The quantitative estimate of drug-likeness (QED) is 0.701. The Bertz CT molecular complexity index is 380. The molecule has 0 aliphatic carbocycles. The fraction of sp³-hybridized carbons (Fsp3) is 0.444. The van der Waals surface area contributed by atoms with Crippen molar-refractivity contribution in [2.24, 2.45) is 0 Å². The van der Waals surface area contributed by atoms with Crippen molar-refractivity contribution in [3.63, 3.8) is 0 Å². The van der Waals surface area contributed by atoms with Gasteiger partial charge in [0.2, 0.25) is 0 Å². The van der Waals surface area contributed by atoms with Crippen LogP contribution < -0.4 is 5.32 Å². The predicted octanol–water partition coefficient (Wildman–Crippen LogP) is 0.355. The van der Waals surface area contributed by atoms with Crippen molar-refractivity contribution < 1.29 is 14.1 Å². The van der Waals surface area contributed by atoms with Crippen molar-refractivity contribution in [3.05, 3.63) is 17.8 Å². The van der Waals surface area contributed by atoms with Gasteiger partial charge < -0.3 is 10.4 Å². The van der Waals surface area contributed by atoms with Crippen molar-refractivity contribution in [2.45, 2.75) is 6.42 Å². The maximum atomic E-state index is 10.8. The molecule has 0 aliphatic rings. The molecule has 0 aromatic carbocycles. The highest BCUT2D eigenvalue weighted by Crippen LogP contribution is 2.01. The van der Waals surface area contributed by atoms with E-state index < -0.39 is 16.8 Å². The van der Waals surface area contributed by atoms with Gasteiger partial charge in [0.1, 0.15) is 5.82 Å². The molecule has 1 aromatic heterocycles. The number of nitrogens with one attached hydrogen (secondary N) is 1. The van der Waals surface area contributed by atoms with E-state index in [1.165, 1.54) is 6.07 Å². The molecule has 0 saturated heterocycles. The van der Waals surface area contributed by atoms with Gasteiger partial charge in [-0.2, -0.15) is 0 Å². The standard InChI is InChI=1S/C9H13N3O3S/c1-16(15)6-2-5-10-8-4-3-7(9(13)14)11-12-8/h3-4H,2,5-6H2,1H3,(H,10,12)(H,13,14). The summed E-state index contributed by atoms with van der Waals surface area (Å²) >= 11 is 0. The molecule has 2 N–H and O–H groups in total. The highest BCUT2D eigenvalue weighted by atomic mass is 32.2. The summed E-state index contributed by atoms with van der Waals surface area (Å²) in [5, 5.41) is 18.8. The fourth-order valence-corrected chi connectivity index (χ4v) is 1.58. The molecule has 0 aliphatic heterocycles. The maximum Gasteiger partial charge on any atom is 0.356 e. The average Bonchev–Trinajstić information content (AvgIpc) is 2.25. The predicted molar refractivity (Wildman–Crippen MR) is 61.0 cm³/mol. The van der Waals surface area contributed by atoms with E-state index >= 15 is 0 Å². The topological polar surface area (TPSA) is 92.2 Å². The Morgan fingerprint density at radius 1 is 1.50 bits per heavy atom. The molecule has 1 aromatic rings. The van der Waals surface area contributed by atoms with E-state index in [0.717, 1.165) is 6.42 Å². The zero-order chi connectivity index (χ0) is 12.0. The van der Waals surface area contributed by atoms with Crippen LogP contribution >= 0.6 is 0 Å². The Hall–Kier alpha value is -1.50. The smallest absolute Gasteiger partial charge is 0.356 e. The number of aromatic carboxylic acids is 1. The molecule has 1 rings (SSSR count). The third-order valence-corrected chi connectivity index (χ3v) is 2.66. The second-order valence-corrected chi connectivity index (χ2v) is 4.72. The molecule has 0 fully saturated rings. The molecule has 1 unspecified atom stereocenters. The Morgan fingerprint density at radius 3 is 2.75 bits per heavy atom. The molecule has 6 nitrogen and oxygen atoms in total. The summed E-state index contributed by atoms with van der Waals surface area (Å²) in [5.41, 5.74) is -0.0831. The number of aromatic nitrogens is 2. The lowest BCUT2D eigenvalue weighted by Gasteiger charge is -2.03. The summed E-state index contributed by atoms with van der Waals surface area (Å²) in [7, 11) is -0.787. The first-order valence-electron chi connectivity index (χ1n) is 4.70. The average molecular weight is 243 g/mol. The zero-order valence-corrected chi connectivity index (χ0v) is 9.66. The summed E-state index contributed by atoms with van der Waals surface area (Å²) in [4.78, 5) is 10.5. The lowest BCUT2D eigenvalue weighted by atomic mass is 10.4. The molecule has 0 radical (unpaired) electrons. The number of hydrogen-bond donors (Lipinski definition) is 2. The number of carboxylic acids is 1. The molecule has 16 heavy (non-hydrogen) atoms. The number of carboxylic acid groups (broad SMARTS) is 1. The third kappa shape index (κ3) is 4.35. The number of nitrogens with zero attached hydrogens (tertiary/aromatic N) is 2. The summed E-state index contributed by atoms with van der Waals surface area (Å²) in [6, 6.07) is 2.94. The van der Waals surface area contributed by atoms with Crippen LogP contribution in [0.1, 0.15) is 16.9 Å². The van der Waals surface area contributed by atoms with Gasteiger partial charge in [-0.3, -0.25) is 4.21 Å². The zero-order valence-electron chi connectivity index (χ0n) is 8.84. The van der Waals surface area contributed by atoms with E-state index in [2.05, 4.69) is 15.5 Å². The summed E-state index contributed by atoms with van der Waals surface area (Å²) < 4.78 is 10.8. The lowest BCUT2D eigenvalue weighted by molar-refractivity contribution is 0.0689. The Balaban J connectivity index is 2.38. The second kappa shape index (κ2) is 6.16. The Morgan fingerprint density at radius 2 is 2.25 bits per heavy atom. The molecule has 88 valence electrons. The van der Waals surface area contributed by atoms with Crippen molar-refractivity contribution >= 4 is 22.6 Å². The molecule has 7 heteroatoms. The van der Waals surface area contributed by atoms with Crippen LogP contribution in [0.3, 0.4) is 0 Å². The Kier molecular flexibility index (Phi) is 4.84. The van der Waals surface area contributed by atoms with Crippen LogP contribution in [-0.4, -0.2) is 44.0 Å². The number of anilines is 1. The summed E-state index contributed by atoms with van der Waals surface area (Å²) in [6.07, 6.45) is 2.42. The Labute approximate surface area is 95.5 Å². The normalized spacial score (nSPS) is 12.1. The minimum Gasteiger partial charge on any atom is -0.476 e. The molecule has 0 spiro atoms. The van der Waals surface area contributed by atoms with Crippen LogP contribution in [0.2, 0.25) is 0 Å². The van der Waals surface area contributed by atoms with Gasteiger partial charge in [-0.25, -0.2) is 4.79 Å². The van der Waals surface area contributed by atoms with E-state index in [1.54, 1.807) is 12.3 Å². The van der Waals surface area contributed by atoms with Crippen LogP contribution in [0.5, 0.6) is 0 Å². The molecular weight excluding hydrogens is 230 g/mol. The largest absolute Gasteiger partial charge is 0.476 e. The highest BCUT2D eigenvalue weighted by molar-refractivity contribution is 7.84. The van der Waals surface area contributed by atoms with Crippen LogP contribution in [0, 0.1) is 0 Å². The van der Waals surface area contributed by atoms with Crippen LogP contribution in [0.4, 0.5) is 5.82 Å². The second-order valence-electron chi connectivity index (χ2n) is 3.17. The van der Waals surface area contributed by atoms with E-state index in [9.17, 15) is 9.00 Å².